The second-order valence-electron chi connectivity index (χ2n) is 7.31. The van der Waals surface area contributed by atoms with Gasteiger partial charge in [0.2, 0.25) is 0 Å². The van der Waals surface area contributed by atoms with Gasteiger partial charge in [-0.05, 0) is 67.7 Å². The van der Waals surface area contributed by atoms with Crippen LogP contribution in [0.3, 0.4) is 0 Å². The molecule has 3 aromatic rings. The third kappa shape index (κ3) is 4.60. The maximum Gasteiger partial charge on any atom is 0.307 e. The molecule has 2 unspecified atom stereocenters. The first-order valence-corrected chi connectivity index (χ1v) is 10.9. The Morgan fingerprint density at radius 1 is 1.19 bits per heavy atom. The Morgan fingerprint density at radius 2 is 2.00 bits per heavy atom. The maximum atomic E-state index is 11.8. The SMILES string of the molecule is CCOc1ccc(-c2ccc(C3C(c4ccccn4)NC(=S)N3CCC(=O)OC)o2)cc1. The maximum absolute atomic E-state index is 11.8. The molecule has 3 heterocycles. The van der Waals surface area contributed by atoms with Crippen molar-refractivity contribution >= 4 is 23.3 Å². The van der Waals surface area contributed by atoms with Crippen LogP contribution in [0.15, 0.2) is 65.2 Å². The van der Waals surface area contributed by atoms with Crippen molar-refractivity contribution in [2.24, 2.45) is 0 Å². The predicted molar refractivity (Wildman–Crippen MR) is 124 cm³/mol. The minimum atomic E-state index is -0.289. The minimum absolute atomic E-state index is 0.208. The van der Waals surface area contributed by atoms with E-state index >= 15 is 0 Å². The number of thiocarbonyl (C=S) groups is 1. The molecule has 166 valence electrons. The van der Waals surface area contributed by atoms with Crippen LogP contribution in [-0.2, 0) is 9.53 Å². The second-order valence-corrected chi connectivity index (χ2v) is 7.69. The molecule has 1 aliphatic rings. The van der Waals surface area contributed by atoms with E-state index in [1.807, 2.05) is 66.4 Å². The fraction of sp³-hybridized carbons (Fsp3) is 0.292. The number of aromatic nitrogens is 1. The number of nitrogens with zero attached hydrogens (tertiary/aromatic N) is 2. The molecule has 1 aromatic carbocycles. The Balaban J connectivity index is 1.64. The number of rotatable bonds is 8. The van der Waals surface area contributed by atoms with Gasteiger partial charge in [-0.25, -0.2) is 0 Å². The van der Waals surface area contributed by atoms with E-state index in [9.17, 15) is 4.79 Å². The van der Waals surface area contributed by atoms with Crippen molar-refractivity contribution in [3.8, 4) is 17.1 Å². The van der Waals surface area contributed by atoms with E-state index in [0.29, 0.717) is 18.3 Å². The van der Waals surface area contributed by atoms with Crippen molar-refractivity contribution in [2.45, 2.75) is 25.4 Å². The largest absolute Gasteiger partial charge is 0.494 e. The molecule has 7 nitrogen and oxygen atoms in total. The van der Waals surface area contributed by atoms with Crippen LogP contribution in [0.25, 0.3) is 11.3 Å². The highest BCUT2D eigenvalue weighted by atomic mass is 32.1. The van der Waals surface area contributed by atoms with Gasteiger partial charge in [0.1, 0.15) is 23.3 Å². The van der Waals surface area contributed by atoms with Crippen LogP contribution >= 0.6 is 12.2 Å². The summed E-state index contributed by atoms with van der Waals surface area (Å²) in [7, 11) is 1.38. The molecule has 4 rings (SSSR count). The van der Waals surface area contributed by atoms with Crippen LogP contribution in [0.5, 0.6) is 5.75 Å². The van der Waals surface area contributed by atoms with Crippen LogP contribution in [0, 0.1) is 0 Å². The number of nitrogens with one attached hydrogen (secondary N) is 1. The van der Waals surface area contributed by atoms with Gasteiger partial charge < -0.3 is 24.1 Å². The lowest BCUT2D eigenvalue weighted by Gasteiger charge is -2.25. The summed E-state index contributed by atoms with van der Waals surface area (Å²) < 4.78 is 16.6. The lowest BCUT2D eigenvalue weighted by atomic mass is 10.0. The summed E-state index contributed by atoms with van der Waals surface area (Å²) in [5.74, 6) is 2.01. The molecule has 0 aliphatic carbocycles. The second kappa shape index (κ2) is 9.82. The molecule has 2 atom stereocenters. The molecular weight excluding hydrogens is 426 g/mol. The normalized spacial score (nSPS) is 17.8. The fourth-order valence-corrected chi connectivity index (χ4v) is 4.15. The molecule has 1 fully saturated rings. The van der Waals surface area contributed by atoms with Gasteiger partial charge in [0.15, 0.2) is 5.11 Å². The highest BCUT2D eigenvalue weighted by Gasteiger charge is 2.41. The highest BCUT2D eigenvalue weighted by Crippen LogP contribution is 2.40. The smallest absolute Gasteiger partial charge is 0.307 e. The standard InChI is InChI=1S/C24H25N3O4S/c1-3-30-17-9-7-16(8-10-17)19-11-12-20(31-19)23-22(18-6-4-5-14-25-18)26-24(32)27(23)15-13-21(28)29-2/h4-12,14,22-23H,3,13,15H2,1-2H3,(H,26,32). The van der Waals surface area contributed by atoms with Gasteiger partial charge in [0, 0.05) is 18.3 Å². The van der Waals surface area contributed by atoms with Gasteiger partial charge in [0.25, 0.3) is 0 Å². The molecule has 0 saturated carbocycles. The Kier molecular flexibility index (Phi) is 6.70. The molecule has 1 N–H and O–H groups in total. The van der Waals surface area contributed by atoms with Crippen LogP contribution in [-0.4, -0.2) is 41.2 Å². The van der Waals surface area contributed by atoms with E-state index in [-0.39, 0.29) is 24.5 Å². The number of furan rings is 1. The number of pyridine rings is 1. The van der Waals surface area contributed by atoms with Crippen molar-refractivity contribution in [3.63, 3.8) is 0 Å². The number of carbonyl (C=O) groups is 1. The van der Waals surface area contributed by atoms with Crippen LogP contribution in [0.2, 0.25) is 0 Å². The average Bonchev–Trinajstić information content (AvgIpc) is 3.43. The van der Waals surface area contributed by atoms with Crippen LogP contribution < -0.4 is 10.1 Å². The summed E-state index contributed by atoms with van der Waals surface area (Å²) in [6.07, 6.45) is 1.97. The average molecular weight is 452 g/mol. The van der Waals surface area contributed by atoms with Gasteiger partial charge in [-0.3, -0.25) is 9.78 Å². The van der Waals surface area contributed by atoms with E-state index in [4.69, 9.17) is 26.1 Å². The predicted octanol–water partition coefficient (Wildman–Crippen LogP) is 4.28. The first-order valence-electron chi connectivity index (χ1n) is 10.5. The van der Waals surface area contributed by atoms with Gasteiger partial charge >= 0.3 is 5.97 Å². The third-order valence-electron chi connectivity index (χ3n) is 5.35. The van der Waals surface area contributed by atoms with Gasteiger partial charge in [0.05, 0.1) is 31.9 Å². The molecular formula is C24H25N3O4S. The Hall–Kier alpha value is -3.39. The van der Waals surface area contributed by atoms with E-state index < -0.39 is 0 Å². The van der Waals surface area contributed by atoms with Crippen LogP contribution in [0.4, 0.5) is 0 Å². The molecule has 8 heteroatoms. The van der Waals surface area contributed by atoms with Crippen molar-refractivity contribution in [1.29, 1.82) is 0 Å². The van der Waals surface area contributed by atoms with Crippen LogP contribution in [0.1, 0.15) is 36.9 Å². The Labute approximate surface area is 192 Å². The molecule has 1 aliphatic heterocycles. The molecule has 0 radical (unpaired) electrons. The Bertz CT molecular complexity index is 1070. The lowest BCUT2D eigenvalue weighted by Crippen LogP contribution is -2.31. The summed E-state index contributed by atoms with van der Waals surface area (Å²) in [6, 6.07) is 17.0. The van der Waals surface area contributed by atoms with Gasteiger partial charge in [-0.2, -0.15) is 0 Å². The molecule has 1 saturated heterocycles. The Morgan fingerprint density at radius 3 is 2.69 bits per heavy atom. The van der Waals surface area contributed by atoms with Crippen molar-refractivity contribution in [3.05, 3.63) is 72.2 Å². The molecule has 0 spiro atoms. The summed E-state index contributed by atoms with van der Waals surface area (Å²) in [6.45, 7) is 2.98. The third-order valence-corrected chi connectivity index (χ3v) is 5.70. The first kappa shape index (κ1) is 21.8. The highest BCUT2D eigenvalue weighted by molar-refractivity contribution is 7.80. The number of carbonyl (C=O) groups excluding carboxylic acids is 1. The molecule has 2 aromatic heterocycles. The number of ether oxygens (including phenoxy) is 2. The summed E-state index contributed by atoms with van der Waals surface area (Å²) in [4.78, 5) is 18.3. The quantitative estimate of drug-likeness (QED) is 0.402. The van der Waals surface area contributed by atoms with E-state index in [0.717, 1.165) is 28.5 Å². The van der Waals surface area contributed by atoms with E-state index in [2.05, 4.69) is 10.3 Å². The number of methoxy groups -OCH3 is 1. The first-order chi connectivity index (χ1) is 15.6. The molecule has 0 bridgehead atoms. The van der Waals surface area contributed by atoms with Gasteiger partial charge in [-0.15, -0.1) is 0 Å². The van der Waals surface area contributed by atoms with Crippen molar-refractivity contribution < 1.29 is 18.7 Å². The zero-order chi connectivity index (χ0) is 22.5. The van der Waals surface area contributed by atoms with Crippen molar-refractivity contribution in [2.75, 3.05) is 20.3 Å². The van der Waals surface area contributed by atoms with E-state index in [1.54, 1.807) is 6.20 Å². The monoisotopic (exact) mass is 451 g/mol. The fourth-order valence-electron chi connectivity index (χ4n) is 3.82. The topological polar surface area (TPSA) is 76.8 Å². The lowest BCUT2D eigenvalue weighted by molar-refractivity contribution is -0.140. The number of hydrogen-bond donors (Lipinski definition) is 1. The zero-order valence-corrected chi connectivity index (χ0v) is 18.8. The minimum Gasteiger partial charge on any atom is -0.494 e. The summed E-state index contributed by atoms with van der Waals surface area (Å²) in [5, 5.41) is 3.90. The summed E-state index contributed by atoms with van der Waals surface area (Å²) in [5.41, 5.74) is 1.79. The zero-order valence-electron chi connectivity index (χ0n) is 18.0. The number of benzene rings is 1. The number of hydrogen-bond acceptors (Lipinski definition) is 6. The van der Waals surface area contributed by atoms with Gasteiger partial charge in [-0.1, -0.05) is 6.07 Å². The summed E-state index contributed by atoms with van der Waals surface area (Å²) >= 11 is 5.60. The number of esters is 1. The molecule has 0 amide bonds. The van der Waals surface area contributed by atoms with Crippen molar-refractivity contribution in [1.82, 2.24) is 15.2 Å². The van der Waals surface area contributed by atoms with E-state index in [1.165, 1.54) is 7.11 Å². The molecule has 32 heavy (non-hydrogen) atoms.